The Hall–Kier alpha value is -1.30. The van der Waals surface area contributed by atoms with Gasteiger partial charge in [-0.2, -0.15) is 0 Å². The van der Waals surface area contributed by atoms with Gasteiger partial charge in [0.1, 0.15) is 0 Å². The Morgan fingerprint density at radius 1 is 1.26 bits per heavy atom. The second-order valence-corrected chi connectivity index (χ2v) is 5.23. The maximum atomic E-state index is 5.38. The van der Waals surface area contributed by atoms with Crippen molar-refractivity contribution >= 4 is 0 Å². The van der Waals surface area contributed by atoms with E-state index in [4.69, 9.17) is 5.73 Å². The lowest BCUT2D eigenvalue weighted by molar-refractivity contribution is 0.136. The van der Waals surface area contributed by atoms with Gasteiger partial charge in [-0.15, -0.1) is 0 Å². The van der Waals surface area contributed by atoms with Gasteiger partial charge < -0.3 is 5.73 Å². The van der Waals surface area contributed by atoms with E-state index in [0.29, 0.717) is 6.54 Å². The van der Waals surface area contributed by atoms with Crippen molar-refractivity contribution < 1.29 is 0 Å². The Labute approximate surface area is 117 Å². The molecule has 19 heavy (non-hydrogen) atoms. The predicted molar refractivity (Wildman–Crippen MR) is 80.7 cm³/mol. The molecular weight excluding hydrogens is 232 g/mol. The molecular formula is C17H24N2. The highest BCUT2D eigenvalue weighted by molar-refractivity contribution is 5.36. The van der Waals surface area contributed by atoms with Crippen LogP contribution in [0.25, 0.3) is 0 Å². The molecule has 0 amide bonds. The highest BCUT2D eigenvalue weighted by Gasteiger charge is 2.20. The second-order valence-electron chi connectivity index (χ2n) is 5.23. The molecule has 0 spiro atoms. The first-order valence-electron chi connectivity index (χ1n) is 7.35. The summed E-state index contributed by atoms with van der Waals surface area (Å²) < 4.78 is 0. The molecule has 1 aliphatic heterocycles. The Balaban J connectivity index is 1.98. The average Bonchev–Trinajstić information content (AvgIpc) is 2.47. The van der Waals surface area contributed by atoms with Crippen LogP contribution in [0.3, 0.4) is 0 Å². The Bertz CT molecular complexity index is 439. The van der Waals surface area contributed by atoms with Crippen molar-refractivity contribution in [3.8, 4) is 11.8 Å². The minimum Gasteiger partial charge on any atom is -0.320 e. The summed E-state index contributed by atoms with van der Waals surface area (Å²) in [5.74, 6) is 5.96. The first kappa shape index (κ1) is 14.1. The maximum Gasteiger partial charge on any atom is 0.0555 e. The number of benzene rings is 1. The summed E-state index contributed by atoms with van der Waals surface area (Å²) in [5.41, 5.74) is 7.82. The van der Waals surface area contributed by atoms with Crippen LogP contribution in [-0.2, 0) is 6.54 Å². The Morgan fingerprint density at radius 2 is 2.05 bits per heavy atom. The van der Waals surface area contributed by atoms with Crippen LogP contribution in [0, 0.1) is 11.8 Å². The van der Waals surface area contributed by atoms with Gasteiger partial charge in [-0.05, 0) is 43.5 Å². The molecule has 0 bridgehead atoms. The smallest absolute Gasteiger partial charge is 0.0555 e. The third-order valence-corrected chi connectivity index (χ3v) is 3.89. The van der Waals surface area contributed by atoms with Crippen LogP contribution in [0.1, 0.15) is 43.7 Å². The molecule has 102 valence electrons. The summed E-state index contributed by atoms with van der Waals surface area (Å²) in [6.07, 6.45) is 5.36. The molecule has 0 radical (unpaired) electrons. The van der Waals surface area contributed by atoms with Gasteiger partial charge in [0, 0.05) is 18.2 Å². The van der Waals surface area contributed by atoms with Gasteiger partial charge in [0.25, 0.3) is 0 Å². The van der Waals surface area contributed by atoms with Crippen molar-refractivity contribution in [2.45, 2.75) is 45.2 Å². The van der Waals surface area contributed by atoms with Gasteiger partial charge in [0.05, 0.1) is 6.54 Å². The van der Waals surface area contributed by atoms with E-state index in [-0.39, 0.29) is 0 Å². The number of likely N-dealkylation sites (tertiary alicyclic amines) is 1. The van der Waals surface area contributed by atoms with Crippen LogP contribution in [0.15, 0.2) is 24.3 Å². The summed E-state index contributed by atoms with van der Waals surface area (Å²) in [5, 5.41) is 0. The summed E-state index contributed by atoms with van der Waals surface area (Å²) in [7, 11) is 0. The number of hydrogen-bond donors (Lipinski definition) is 1. The first-order chi connectivity index (χ1) is 9.33. The Morgan fingerprint density at radius 3 is 2.74 bits per heavy atom. The number of nitrogens with zero attached hydrogens (tertiary/aromatic N) is 1. The van der Waals surface area contributed by atoms with Crippen LogP contribution in [0.4, 0.5) is 0 Å². The van der Waals surface area contributed by atoms with Crippen molar-refractivity contribution in [3.05, 3.63) is 35.4 Å². The largest absolute Gasteiger partial charge is 0.320 e. The fourth-order valence-corrected chi connectivity index (χ4v) is 2.81. The molecule has 0 aromatic heterocycles. The van der Waals surface area contributed by atoms with Gasteiger partial charge in [-0.25, -0.2) is 0 Å². The fraction of sp³-hybridized carbons (Fsp3) is 0.529. The molecule has 2 nitrogen and oxygen atoms in total. The minimum atomic E-state index is 0.424. The molecule has 2 heteroatoms. The molecule has 2 rings (SSSR count). The molecule has 1 aromatic rings. The van der Waals surface area contributed by atoms with Crippen molar-refractivity contribution in [3.63, 3.8) is 0 Å². The second kappa shape index (κ2) is 7.33. The van der Waals surface area contributed by atoms with Crippen LogP contribution < -0.4 is 5.73 Å². The molecule has 0 saturated carbocycles. The topological polar surface area (TPSA) is 29.3 Å². The minimum absolute atomic E-state index is 0.424. The zero-order valence-electron chi connectivity index (χ0n) is 11.9. The standard InChI is InChI=1S/C17H24N2/c1-2-17-7-3-4-13-19(17)14-16-10-8-15(9-11-16)6-5-12-18/h8-11,17H,2-4,7,12-14,18H2,1H3. The van der Waals surface area contributed by atoms with Crippen molar-refractivity contribution in [1.29, 1.82) is 0 Å². The monoisotopic (exact) mass is 256 g/mol. The van der Waals surface area contributed by atoms with E-state index in [2.05, 4.69) is 47.9 Å². The molecule has 0 aliphatic carbocycles. The molecule has 1 aliphatic rings. The number of piperidine rings is 1. The van der Waals surface area contributed by atoms with Crippen LogP contribution in [0.2, 0.25) is 0 Å². The highest BCUT2D eigenvalue weighted by Crippen LogP contribution is 2.21. The molecule has 2 N–H and O–H groups in total. The number of nitrogens with two attached hydrogens (primary N) is 1. The quantitative estimate of drug-likeness (QED) is 0.843. The van der Waals surface area contributed by atoms with Gasteiger partial charge in [0.2, 0.25) is 0 Å². The van der Waals surface area contributed by atoms with Gasteiger partial charge in [0.15, 0.2) is 0 Å². The van der Waals surface area contributed by atoms with E-state index >= 15 is 0 Å². The van der Waals surface area contributed by atoms with Gasteiger partial charge in [-0.1, -0.05) is 37.3 Å². The van der Waals surface area contributed by atoms with Gasteiger partial charge in [-0.3, -0.25) is 4.90 Å². The van der Waals surface area contributed by atoms with E-state index in [9.17, 15) is 0 Å². The van der Waals surface area contributed by atoms with Gasteiger partial charge >= 0.3 is 0 Å². The molecule has 1 saturated heterocycles. The molecule has 1 heterocycles. The lowest BCUT2D eigenvalue weighted by atomic mass is 9.99. The van der Waals surface area contributed by atoms with E-state index in [1.165, 1.54) is 37.8 Å². The van der Waals surface area contributed by atoms with E-state index in [1.54, 1.807) is 0 Å². The van der Waals surface area contributed by atoms with Crippen molar-refractivity contribution in [1.82, 2.24) is 4.90 Å². The lowest BCUT2D eigenvalue weighted by Crippen LogP contribution is -2.38. The lowest BCUT2D eigenvalue weighted by Gasteiger charge is -2.35. The van der Waals surface area contributed by atoms with Crippen LogP contribution in [-0.4, -0.2) is 24.0 Å². The zero-order valence-corrected chi connectivity index (χ0v) is 11.9. The molecule has 1 unspecified atom stereocenters. The van der Waals surface area contributed by atoms with E-state index in [0.717, 1.165) is 18.2 Å². The summed E-state index contributed by atoms with van der Waals surface area (Å²) >= 11 is 0. The molecule has 1 aromatic carbocycles. The zero-order chi connectivity index (χ0) is 13.5. The molecule has 1 atom stereocenters. The highest BCUT2D eigenvalue weighted by atomic mass is 15.2. The number of hydrogen-bond acceptors (Lipinski definition) is 2. The third kappa shape index (κ3) is 4.09. The number of rotatable bonds is 3. The first-order valence-corrected chi connectivity index (χ1v) is 7.35. The fourth-order valence-electron chi connectivity index (χ4n) is 2.81. The maximum absolute atomic E-state index is 5.38. The van der Waals surface area contributed by atoms with E-state index < -0.39 is 0 Å². The summed E-state index contributed by atoms with van der Waals surface area (Å²) in [6, 6.07) is 9.36. The summed E-state index contributed by atoms with van der Waals surface area (Å²) in [4.78, 5) is 2.63. The van der Waals surface area contributed by atoms with E-state index in [1.807, 2.05) is 0 Å². The Kier molecular flexibility index (Phi) is 5.44. The normalized spacial score (nSPS) is 19.8. The summed E-state index contributed by atoms with van der Waals surface area (Å²) in [6.45, 7) is 5.04. The van der Waals surface area contributed by atoms with Crippen LogP contribution in [0.5, 0.6) is 0 Å². The third-order valence-electron chi connectivity index (χ3n) is 3.89. The predicted octanol–water partition coefficient (Wildman–Crippen LogP) is 2.76. The van der Waals surface area contributed by atoms with Crippen LogP contribution >= 0.6 is 0 Å². The van der Waals surface area contributed by atoms with Crippen molar-refractivity contribution in [2.24, 2.45) is 5.73 Å². The molecule has 1 fully saturated rings. The van der Waals surface area contributed by atoms with Crippen molar-refractivity contribution in [2.75, 3.05) is 13.1 Å². The average molecular weight is 256 g/mol. The SMILES string of the molecule is CCC1CCCCN1Cc1ccc(C#CCN)cc1.